The van der Waals surface area contributed by atoms with Crippen molar-refractivity contribution in [2.75, 3.05) is 25.0 Å². The van der Waals surface area contributed by atoms with Crippen LogP contribution in [0, 0.1) is 10.1 Å². The van der Waals surface area contributed by atoms with Gasteiger partial charge >= 0.3 is 5.69 Å². The normalized spacial score (nSPS) is 17.9. The maximum Gasteiger partial charge on any atom is 0.311 e. The zero-order valence-electron chi connectivity index (χ0n) is 11.2. The summed E-state index contributed by atoms with van der Waals surface area (Å²) in [6.07, 6.45) is 5.37. The van der Waals surface area contributed by atoms with Crippen LogP contribution < -0.4 is 5.32 Å². The number of hydrogen-bond acceptors (Lipinski definition) is 5. The van der Waals surface area contributed by atoms with Crippen molar-refractivity contribution in [3.05, 3.63) is 28.4 Å². The SMILES string of the molecule is CC(CNc1ncccc1[N+](=O)[O-])N1CCCCC1. The predicted molar refractivity (Wildman–Crippen MR) is 74.3 cm³/mol. The summed E-state index contributed by atoms with van der Waals surface area (Å²) in [6.45, 7) is 5.06. The van der Waals surface area contributed by atoms with Crippen molar-refractivity contribution in [3.8, 4) is 0 Å². The fourth-order valence-electron chi connectivity index (χ4n) is 2.41. The molecule has 0 amide bonds. The number of nitrogens with one attached hydrogen (secondary N) is 1. The van der Waals surface area contributed by atoms with Crippen molar-refractivity contribution >= 4 is 11.5 Å². The van der Waals surface area contributed by atoms with Gasteiger partial charge in [-0.2, -0.15) is 0 Å². The molecule has 1 aromatic heterocycles. The molecule has 104 valence electrons. The second-order valence-corrected chi connectivity index (χ2v) is 4.95. The molecule has 0 saturated carbocycles. The van der Waals surface area contributed by atoms with Gasteiger partial charge in [0.2, 0.25) is 5.82 Å². The molecule has 1 aliphatic heterocycles. The lowest BCUT2D eigenvalue weighted by molar-refractivity contribution is -0.384. The summed E-state index contributed by atoms with van der Waals surface area (Å²) >= 11 is 0. The first-order valence-corrected chi connectivity index (χ1v) is 6.76. The molecular formula is C13H20N4O2. The minimum atomic E-state index is -0.402. The molecule has 0 aliphatic carbocycles. The highest BCUT2D eigenvalue weighted by molar-refractivity contribution is 5.55. The van der Waals surface area contributed by atoms with Crippen LogP contribution in [0.2, 0.25) is 0 Å². The van der Waals surface area contributed by atoms with Crippen molar-refractivity contribution in [1.29, 1.82) is 0 Å². The van der Waals surface area contributed by atoms with Gasteiger partial charge < -0.3 is 5.32 Å². The van der Waals surface area contributed by atoms with Gasteiger partial charge in [-0.15, -0.1) is 0 Å². The van der Waals surface area contributed by atoms with E-state index in [1.54, 1.807) is 12.3 Å². The van der Waals surface area contributed by atoms with E-state index >= 15 is 0 Å². The molecule has 0 bridgehead atoms. The van der Waals surface area contributed by atoms with Crippen LogP contribution in [0.25, 0.3) is 0 Å². The van der Waals surface area contributed by atoms with Gasteiger partial charge in [-0.05, 0) is 38.9 Å². The Hall–Kier alpha value is -1.69. The van der Waals surface area contributed by atoms with E-state index in [1.807, 2.05) is 0 Å². The lowest BCUT2D eigenvalue weighted by Crippen LogP contribution is -2.41. The number of nitrogens with zero attached hydrogens (tertiary/aromatic N) is 3. The molecule has 1 N–H and O–H groups in total. The minimum absolute atomic E-state index is 0.0355. The molecule has 1 fully saturated rings. The lowest BCUT2D eigenvalue weighted by Gasteiger charge is -2.32. The fraction of sp³-hybridized carbons (Fsp3) is 0.615. The van der Waals surface area contributed by atoms with Gasteiger partial charge in [0, 0.05) is 24.8 Å². The van der Waals surface area contributed by atoms with E-state index in [0.717, 1.165) is 13.1 Å². The number of aromatic nitrogens is 1. The van der Waals surface area contributed by atoms with Crippen LogP contribution in [-0.2, 0) is 0 Å². The molecule has 1 saturated heterocycles. The fourth-order valence-corrected chi connectivity index (χ4v) is 2.41. The number of anilines is 1. The summed E-state index contributed by atoms with van der Waals surface area (Å²) in [6, 6.07) is 3.42. The predicted octanol–water partition coefficient (Wildman–Crippen LogP) is 2.28. The van der Waals surface area contributed by atoms with Crippen LogP contribution in [0.5, 0.6) is 0 Å². The molecule has 1 aromatic rings. The van der Waals surface area contributed by atoms with Gasteiger partial charge in [0.25, 0.3) is 0 Å². The molecule has 1 atom stereocenters. The van der Waals surface area contributed by atoms with Crippen molar-refractivity contribution in [2.45, 2.75) is 32.2 Å². The Morgan fingerprint density at radius 2 is 2.21 bits per heavy atom. The molecular weight excluding hydrogens is 244 g/mol. The van der Waals surface area contributed by atoms with Crippen molar-refractivity contribution in [1.82, 2.24) is 9.88 Å². The smallest absolute Gasteiger partial charge is 0.311 e. The summed E-state index contributed by atoms with van der Waals surface area (Å²) in [7, 11) is 0. The largest absolute Gasteiger partial charge is 0.363 e. The number of nitro groups is 1. The summed E-state index contributed by atoms with van der Waals surface area (Å²) in [5.41, 5.74) is 0.0355. The Labute approximate surface area is 113 Å². The third kappa shape index (κ3) is 3.64. The van der Waals surface area contributed by atoms with E-state index in [2.05, 4.69) is 22.1 Å². The van der Waals surface area contributed by atoms with Crippen LogP contribution >= 0.6 is 0 Å². The highest BCUT2D eigenvalue weighted by Crippen LogP contribution is 2.20. The highest BCUT2D eigenvalue weighted by atomic mass is 16.6. The highest BCUT2D eigenvalue weighted by Gasteiger charge is 2.18. The Morgan fingerprint density at radius 3 is 2.89 bits per heavy atom. The third-order valence-electron chi connectivity index (χ3n) is 3.56. The van der Waals surface area contributed by atoms with E-state index in [0.29, 0.717) is 18.4 Å². The molecule has 6 nitrogen and oxygen atoms in total. The summed E-state index contributed by atoms with van der Waals surface area (Å²) in [4.78, 5) is 16.9. The van der Waals surface area contributed by atoms with Crippen LogP contribution in [0.1, 0.15) is 26.2 Å². The average molecular weight is 264 g/mol. The van der Waals surface area contributed by atoms with Gasteiger partial charge in [0.15, 0.2) is 0 Å². The Morgan fingerprint density at radius 1 is 1.47 bits per heavy atom. The first-order chi connectivity index (χ1) is 9.18. The van der Waals surface area contributed by atoms with Crippen LogP contribution in [0.3, 0.4) is 0 Å². The third-order valence-corrected chi connectivity index (χ3v) is 3.56. The summed E-state index contributed by atoms with van der Waals surface area (Å²) in [5, 5.41) is 14.0. The molecule has 0 radical (unpaired) electrons. The van der Waals surface area contributed by atoms with Crippen molar-refractivity contribution in [2.24, 2.45) is 0 Å². The van der Waals surface area contributed by atoms with E-state index in [4.69, 9.17) is 0 Å². The first-order valence-electron chi connectivity index (χ1n) is 6.76. The molecule has 0 spiro atoms. The first kappa shape index (κ1) is 13.7. The molecule has 19 heavy (non-hydrogen) atoms. The van der Waals surface area contributed by atoms with Crippen molar-refractivity contribution < 1.29 is 4.92 Å². The number of piperidine rings is 1. The maximum atomic E-state index is 10.9. The van der Waals surface area contributed by atoms with Gasteiger partial charge in [0.1, 0.15) is 0 Å². The number of pyridine rings is 1. The van der Waals surface area contributed by atoms with Crippen LogP contribution in [0.4, 0.5) is 11.5 Å². The second kappa shape index (κ2) is 6.47. The Balaban J connectivity index is 1.92. The second-order valence-electron chi connectivity index (χ2n) is 4.95. The van der Waals surface area contributed by atoms with Crippen LogP contribution in [0.15, 0.2) is 18.3 Å². The molecule has 1 unspecified atom stereocenters. The molecule has 0 aromatic carbocycles. The van der Waals surface area contributed by atoms with Crippen LogP contribution in [-0.4, -0.2) is 40.5 Å². The van der Waals surface area contributed by atoms with E-state index in [9.17, 15) is 10.1 Å². The lowest BCUT2D eigenvalue weighted by atomic mass is 10.1. The van der Waals surface area contributed by atoms with E-state index in [1.165, 1.54) is 25.3 Å². The zero-order valence-corrected chi connectivity index (χ0v) is 11.2. The quantitative estimate of drug-likeness (QED) is 0.652. The maximum absolute atomic E-state index is 10.9. The Bertz CT molecular complexity index is 432. The van der Waals surface area contributed by atoms with Gasteiger partial charge in [-0.1, -0.05) is 6.42 Å². The number of likely N-dealkylation sites (tertiary alicyclic amines) is 1. The molecule has 6 heteroatoms. The number of hydrogen-bond donors (Lipinski definition) is 1. The topological polar surface area (TPSA) is 71.3 Å². The van der Waals surface area contributed by atoms with Gasteiger partial charge in [-0.3, -0.25) is 15.0 Å². The Kier molecular flexibility index (Phi) is 4.68. The molecule has 2 rings (SSSR count). The summed E-state index contributed by atoms with van der Waals surface area (Å²) < 4.78 is 0. The summed E-state index contributed by atoms with van der Waals surface area (Å²) in [5.74, 6) is 0.358. The monoisotopic (exact) mass is 264 g/mol. The zero-order chi connectivity index (χ0) is 13.7. The van der Waals surface area contributed by atoms with Crippen molar-refractivity contribution in [3.63, 3.8) is 0 Å². The molecule has 1 aliphatic rings. The average Bonchev–Trinajstić information content (AvgIpc) is 2.46. The van der Waals surface area contributed by atoms with E-state index < -0.39 is 4.92 Å². The minimum Gasteiger partial charge on any atom is -0.363 e. The molecule has 2 heterocycles. The van der Waals surface area contributed by atoms with E-state index in [-0.39, 0.29) is 5.69 Å². The number of rotatable bonds is 5. The van der Waals surface area contributed by atoms with Gasteiger partial charge in [-0.25, -0.2) is 4.98 Å². The standard InChI is InChI=1S/C13H20N4O2/c1-11(16-8-3-2-4-9-16)10-15-13-12(17(18)19)6-5-7-14-13/h5-7,11H,2-4,8-10H2,1H3,(H,14,15). The van der Waals surface area contributed by atoms with Gasteiger partial charge in [0.05, 0.1) is 4.92 Å².